The van der Waals surface area contributed by atoms with Crippen LogP contribution in [0.2, 0.25) is 0 Å². The van der Waals surface area contributed by atoms with E-state index < -0.39 is 47.4 Å². The van der Waals surface area contributed by atoms with Crippen LogP contribution >= 0.6 is 0 Å². The quantitative estimate of drug-likeness (QED) is 0.290. The molecule has 1 amide bonds. The number of ketones is 1. The number of carbonyl (C=O) groups excluding carboxylic acids is 3. The molecule has 0 aliphatic rings. The molecule has 0 fully saturated rings. The highest BCUT2D eigenvalue weighted by Gasteiger charge is 2.16. The summed E-state index contributed by atoms with van der Waals surface area (Å²) in [7, 11) is -3.85. The maximum atomic E-state index is 12.2. The molecule has 0 aliphatic carbocycles. The minimum atomic E-state index is -3.85. The normalized spacial score (nSPS) is 10.9. The van der Waals surface area contributed by atoms with Gasteiger partial charge in [0.1, 0.15) is 18.9 Å². The minimum absolute atomic E-state index is 0.0153. The third kappa shape index (κ3) is 8.36. The number of esters is 1. The Morgan fingerprint density at radius 2 is 1.40 bits per heavy atom. The number of rotatable bonds is 12. The first-order valence-electron chi connectivity index (χ1n) is 10.6. The Balaban J connectivity index is 1.36. The summed E-state index contributed by atoms with van der Waals surface area (Å²) in [5.74, 6) is -1.39. The number of benzene rings is 3. The molecule has 35 heavy (non-hydrogen) atoms. The third-order valence-electron chi connectivity index (χ3n) is 4.70. The molecule has 3 rings (SSSR count). The summed E-state index contributed by atoms with van der Waals surface area (Å²) in [4.78, 5) is 35.9. The van der Waals surface area contributed by atoms with E-state index in [1.165, 1.54) is 12.1 Å². The average molecular weight is 497 g/mol. The van der Waals surface area contributed by atoms with Crippen molar-refractivity contribution in [3.05, 3.63) is 96.1 Å². The number of Topliss-reactive ketones (excluding diaryl/α,β-unsaturated/α-hetero) is 1. The standard InChI is InChI=1S/C25H24N2O7S/c28-23(20-11-13-21(14-12-20)33-17-19-7-3-1-4-8-19)18-34-25(30)16-26-24(29)15-27-35(31,32)22-9-5-2-6-10-22/h1-14,27H,15-18H2,(H,26,29). The van der Waals surface area contributed by atoms with E-state index in [0.717, 1.165) is 5.56 Å². The fourth-order valence-electron chi connectivity index (χ4n) is 2.84. The van der Waals surface area contributed by atoms with Crippen molar-refractivity contribution in [3.63, 3.8) is 0 Å². The van der Waals surface area contributed by atoms with E-state index in [2.05, 4.69) is 10.0 Å². The Labute approximate surface area is 203 Å². The fraction of sp³-hybridized carbons (Fsp3) is 0.160. The van der Waals surface area contributed by atoms with Gasteiger partial charge in [0.25, 0.3) is 0 Å². The van der Waals surface area contributed by atoms with E-state index >= 15 is 0 Å². The fourth-order valence-corrected chi connectivity index (χ4v) is 3.84. The first-order chi connectivity index (χ1) is 16.8. The highest BCUT2D eigenvalue weighted by Crippen LogP contribution is 2.15. The summed E-state index contributed by atoms with van der Waals surface area (Å²) in [5, 5.41) is 2.24. The molecular weight excluding hydrogens is 472 g/mol. The lowest BCUT2D eigenvalue weighted by molar-refractivity contribution is -0.142. The third-order valence-corrected chi connectivity index (χ3v) is 6.11. The molecule has 0 unspecified atom stereocenters. The molecule has 182 valence electrons. The molecule has 3 aromatic rings. The van der Waals surface area contributed by atoms with Gasteiger partial charge in [-0.3, -0.25) is 14.4 Å². The van der Waals surface area contributed by atoms with Gasteiger partial charge in [0.05, 0.1) is 11.4 Å². The second kappa shape index (κ2) is 12.4. The van der Waals surface area contributed by atoms with E-state index in [4.69, 9.17) is 9.47 Å². The molecule has 0 atom stereocenters. The van der Waals surface area contributed by atoms with Gasteiger partial charge in [-0.2, -0.15) is 0 Å². The Kier molecular flexibility index (Phi) is 9.10. The molecule has 0 aliphatic heterocycles. The second-order valence-electron chi connectivity index (χ2n) is 7.30. The van der Waals surface area contributed by atoms with Crippen LogP contribution in [0.4, 0.5) is 0 Å². The van der Waals surface area contributed by atoms with Gasteiger partial charge in [-0.15, -0.1) is 0 Å². The molecular formula is C25H24N2O7S. The summed E-state index contributed by atoms with van der Waals surface area (Å²) < 4.78 is 36.9. The molecule has 0 spiro atoms. The first kappa shape index (κ1) is 25.6. The predicted octanol–water partition coefficient (Wildman–Crippen LogP) is 2.09. The molecule has 0 radical (unpaired) electrons. The van der Waals surface area contributed by atoms with Crippen LogP contribution in [-0.4, -0.2) is 45.8 Å². The van der Waals surface area contributed by atoms with Crippen molar-refractivity contribution < 1.29 is 32.3 Å². The van der Waals surface area contributed by atoms with Gasteiger partial charge >= 0.3 is 5.97 Å². The number of nitrogens with one attached hydrogen (secondary N) is 2. The van der Waals surface area contributed by atoms with E-state index in [9.17, 15) is 22.8 Å². The number of sulfonamides is 1. The van der Waals surface area contributed by atoms with Gasteiger partial charge in [0.15, 0.2) is 12.4 Å². The number of ether oxygens (including phenoxy) is 2. The van der Waals surface area contributed by atoms with Crippen LogP contribution in [0.1, 0.15) is 15.9 Å². The Morgan fingerprint density at radius 3 is 2.06 bits per heavy atom. The van der Waals surface area contributed by atoms with Crippen LogP contribution in [0.3, 0.4) is 0 Å². The SMILES string of the molecule is O=C(CNS(=O)(=O)c1ccccc1)NCC(=O)OCC(=O)c1ccc(OCc2ccccc2)cc1. The van der Waals surface area contributed by atoms with Crippen LogP contribution in [0.25, 0.3) is 0 Å². The maximum Gasteiger partial charge on any atom is 0.325 e. The maximum absolute atomic E-state index is 12.2. The lowest BCUT2D eigenvalue weighted by Gasteiger charge is -2.09. The highest BCUT2D eigenvalue weighted by atomic mass is 32.2. The smallest absolute Gasteiger partial charge is 0.325 e. The van der Waals surface area contributed by atoms with Crippen molar-refractivity contribution in [2.45, 2.75) is 11.5 Å². The van der Waals surface area contributed by atoms with Gasteiger partial charge in [0, 0.05) is 5.56 Å². The minimum Gasteiger partial charge on any atom is -0.489 e. The molecule has 0 saturated heterocycles. The van der Waals surface area contributed by atoms with Crippen LogP contribution < -0.4 is 14.8 Å². The van der Waals surface area contributed by atoms with Gasteiger partial charge in [-0.25, -0.2) is 13.1 Å². The van der Waals surface area contributed by atoms with E-state index in [1.54, 1.807) is 42.5 Å². The topological polar surface area (TPSA) is 128 Å². The van der Waals surface area contributed by atoms with Crippen LogP contribution in [0.5, 0.6) is 5.75 Å². The van der Waals surface area contributed by atoms with Crippen molar-refractivity contribution in [2.24, 2.45) is 0 Å². The van der Waals surface area contributed by atoms with Crippen LogP contribution in [0, 0.1) is 0 Å². The number of hydrogen-bond acceptors (Lipinski definition) is 7. The van der Waals surface area contributed by atoms with Crippen molar-refractivity contribution >= 4 is 27.7 Å². The Bertz CT molecular complexity index is 1250. The lowest BCUT2D eigenvalue weighted by Crippen LogP contribution is -2.39. The van der Waals surface area contributed by atoms with Gasteiger partial charge in [-0.1, -0.05) is 48.5 Å². The molecule has 0 aromatic heterocycles. The van der Waals surface area contributed by atoms with Gasteiger partial charge < -0.3 is 14.8 Å². The summed E-state index contributed by atoms with van der Waals surface area (Å²) in [6, 6.07) is 23.6. The molecule has 9 nitrogen and oxygen atoms in total. The zero-order valence-corrected chi connectivity index (χ0v) is 19.5. The van der Waals surface area contributed by atoms with Gasteiger partial charge in [-0.05, 0) is 42.0 Å². The largest absolute Gasteiger partial charge is 0.489 e. The summed E-state index contributed by atoms with van der Waals surface area (Å²) in [5.41, 5.74) is 1.35. The Hall–Kier alpha value is -4.02. The zero-order valence-electron chi connectivity index (χ0n) is 18.7. The molecule has 10 heteroatoms. The second-order valence-corrected chi connectivity index (χ2v) is 9.06. The van der Waals surface area contributed by atoms with E-state index in [0.29, 0.717) is 17.9 Å². The molecule has 2 N–H and O–H groups in total. The summed E-state index contributed by atoms with van der Waals surface area (Å²) in [6.07, 6.45) is 0. The first-order valence-corrected chi connectivity index (χ1v) is 12.1. The summed E-state index contributed by atoms with van der Waals surface area (Å²) >= 11 is 0. The lowest BCUT2D eigenvalue weighted by atomic mass is 10.1. The number of carbonyl (C=O) groups is 3. The number of amides is 1. The van der Waals surface area contributed by atoms with Crippen molar-refractivity contribution in [2.75, 3.05) is 19.7 Å². The van der Waals surface area contributed by atoms with Gasteiger partial charge in [0.2, 0.25) is 15.9 Å². The van der Waals surface area contributed by atoms with Crippen LogP contribution in [-0.2, 0) is 31.0 Å². The van der Waals surface area contributed by atoms with Crippen molar-refractivity contribution in [1.29, 1.82) is 0 Å². The van der Waals surface area contributed by atoms with E-state index in [1.807, 2.05) is 30.3 Å². The van der Waals surface area contributed by atoms with E-state index in [-0.39, 0.29) is 4.90 Å². The molecule has 0 heterocycles. The van der Waals surface area contributed by atoms with Crippen molar-refractivity contribution in [3.8, 4) is 5.75 Å². The van der Waals surface area contributed by atoms with Crippen LogP contribution in [0.15, 0.2) is 89.8 Å². The Morgan fingerprint density at radius 1 is 0.771 bits per heavy atom. The zero-order chi connectivity index (χ0) is 25.1. The monoisotopic (exact) mass is 496 g/mol. The number of hydrogen-bond donors (Lipinski definition) is 2. The molecule has 3 aromatic carbocycles. The molecule has 0 saturated carbocycles. The average Bonchev–Trinajstić information content (AvgIpc) is 2.89. The van der Waals surface area contributed by atoms with Crippen molar-refractivity contribution in [1.82, 2.24) is 10.0 Å². The highest BCUT2D eigenvalue weighted by molar-refractivity contribution is 7.89. The predicted molar refractivity (Wildman–Crippen MR) is 127 cm³/mol. The summed E-state index contributed by atoms with van der Waals surface area (Å²) in [6.45, 7) is -1.17. The molecule has 0 bridgehead atoms.